The van der Waals surface area contributed by atoms with Crippen molar-refractivity contribution in [2.24, 2.45) is 7.05 Å². The van der Waals surface area contributed by atoms with Crippen LogP contribution >= 0.6 is 11.3 Å². The van der Waals surface area contributed by atoms with Gasteiger partial charge in [-0.25, -0.2) is 9.97 Å². The average molecular weight is 351 g/mol. The number of rotatable bonds is 4. The minimum Gasteiger partial charge on any atom is -0.325 e. The molecule has 126 valence electrons. The molecule has 1 amide bonds. The summed E-state index contributed by atoms with van der Waals surface area (Å²) in [5.74, 6) is -0.0399. The van der Waals surface area contributed by atoms with Crippen molar-refractivity contribution in [1.82, 2.24) is 19.7 Å². The van der Waals surface area contributed by atoms with Gasteiger partial charge in [0.25, 0.3) is 0 Å². The molecule has 0 fully saturated rings. The van der Waals surface area contributed by atoms with Crippen LogP contribution in [0.4, 0.5) is 5.69 Å². The first-order valence-corrected chi connectivity index (χ1v) is 8.85. The third-order valence-corrected chi connectivity index (χ3v) is 5.15. The smallest absolute Gasteiger partial charge is 0.224 e. The second-order valence-electron chi connectivity index (χ2n) is 5.93. The molecular weight excluding hydrogens is 334 g/mol. The Labute approximate surface area is 148 Å². The van der Waals surface area contributed by atoms with Crippen molar-refractivity contribution in [3.05, 3.63) is 47.2 Å². The molecular formula is C18H17N5OS. The summed E-state index contributed by atoms with van der Waals surface area (Å²) in [7, 11) is 1.86. The normalized spacial score (nSPS) is 11.3. The monoisotopic (exact) mass is 351 g/mol. The first kappa shape index (κ1) is 15.7. The van der Waals surface area contributed by atoms with Gasteiger partial charge in [0.1, 0.15) is 0 Å². The molecule has 0 aliphatic heterocycles. The van der Waals surface area contributed by atoms with E-state index in [1.54, 1.807) is 22.2 Å². The van der Waals surface area contributed by atoms with Gasteiger partial charge in [-0.05, 0) is 25.1 Å². The lowest BCUT2D eigenvalue weighted by molar-refractivity contribution is -0.116. The Morgan fingerprint density at radius 2 is 2.16 bits per heavy atom. The van der Waals surface area contributed by atoms with Gasteiger partial charge in [0.05, 0.1) is 32.8 Å². The molecule has 0 aliphatic rings. The highest BCUT2D eigenvalue weighted by Crippen LogP contribution is 2.23. The summed E-state index contributed by atoms with van der Waals surface area (Å²) in [6, 6.07) is 9.93. The van der Waals surface area contributed by atoms with E-state index in [-0.39, 0.29) is 5.91 Å². The number of thiazole rings is 1. The van der Waals surface area contributed by atoms with E-state index in [2.05, 4.69) is 20.4 Å². The minimum absolute atomic E-state index is 0.0399. The molecule has 1 N–H and O–H groups in total. The zero-order valence-electron chi connectivity index (χ0n) is 14.0. The largest absolute Gasteiger partial charge is 0.325 e. The summed E-state index contributed by atoms with van der Waals surface area (Å²) in [4.78, 5) is 21.2. The molecule has 0 saturated heterocycles. The van der Waals surface area contributed by atoms with Gasteiger partial charge < -0.3 is 5.32 Å². The van der Waals surface area contributed by atoms with Crippen LogP contribution in [0.1, 0.15) is 17.1 Å². The Bertz CT molecular complexity index is 1050. The van der Waals surface area contributed by atoms with E-state index < -0.39 is 0 Å². The Balaban J connectivity index is 1.44. The highest BCUT2D eigenvalue weighted by Gasteiger charge is 2.10. The molecule has 0 saturated carbocycles. The molecule has 0 spiro atoms. The van der Waals surface area contributed by atoms with Gasteiger partial charge in [0.15, 0.2) is 5.65 Å². The zero-order valence-corrected chi connectivity index (χ0v) is 14.8. The fourth-order valence-corrected chi connectivity index (χ4v) is 3.81. The van der Waals surface area contributed by atoms with Gasteiger partial charge >= 0.3 is 0 Å². The van der Waals surface area contributed by atoms with Gasteiger partial charge in [-0.1, -0.05) is 12.1 Å². The van der Waals surface area contributed by atoms with E-state index in [1.807, 2.05) is 44.3 Å². The number of nitrogens with one attached hydrogen (secondary N) is 1. The topological polar surface area (TPSA) is 72.7 Å². The fraction of sp³-hybridized carbons (Fsp3) is 0.222. The van der Waals surface area contributed by atoms with Crippen LogP contribution in [-0.2, 0) is 18.3 Å². The first-order chi connectivity index (χ1) is 12.1. The molecule has 0 bridgehead atoms. The van der Waals surface area contributed by atoms with Crippen molar-refractivity contribution in [2.75, 3.05) is 5.32 Å². The van der Waals surface area contributed by atoms with Crippen LogP contribution in [0.5, 0.6) is 0 Å². The van der Waals surface area contributed by atoms with Gasteiger partial charge in [0, 0.05) is 25.3 Å². The zero-order chi connectivity index (χ0) is 17.4. The van der Waals surface area contributed by atoms with Crippen molar-refractivity contribution in [2.45, 2.75) is 19.8 Å². The molecule has 4 aromatic rings. The van der Waals surface area contributed by atoms with E-state index in [0.29, 0.717) is 18.5 Å². The summed E-state index contributed by atoms with van der Waals surface area (Å²) in [5, 5.41) is 9.18. The summed E-state index contributed by atoms with van der Waals surface area (Å²) < 4.78 is 2.89. The Hall–Kier alpha value is -2.80. The summed E-state index contributed by atoms with van der Waals surface area (Å²) in [6.45, 7) is 1.93. The number of aryl methyl sites for hydroxylation is 3. The van der Waals surface area contributed by atoms with E-state index in [4.69, 9.17) is 0 Å². The van der Waals surface area contributed by atoms with Crippen LogP contribution in [-0.4, -0.2) is 25.7 Å². The van der Waals surface area contributed by atoms with Crippen molar-refractivity contribution in [3.63, 3.8) is 0 Å². The number of para-hydroxylation sites is 1. The molecule has 3 aromatic heterocycles. The number of fused-ring (bicyclic) bond motifs is 2. The van der Waals surface area contributed by atoms with Crippen molar-refractivity contribution >= 4 is 44.2 Å². The van der Waals surface area contributed by atoms with Gasteiger partial charge in [-0.15, -0.1) is 11.3 Å². The number of carbonyl (C=O) groups is 1. The number of amides is 1. The highest BCUT2D eigenvalue weighted by molar-refractivity contribution is 7.18. The Morgan fingerprint density at radius 3 is 3.00 bits per heavy atom. The molecule has 0 aliphatic carbocycles. The van der Waals surface area contributed by atoms with Gasteiger partial charge in [0.2, 0.25) is 5.91 Å². The van der Waals surface area contributed by atoms with Gasteiger partial charge in [-0.3, -0.25) is 9.48 Å². The predicted molar refractivity (Wildman–Crippen MR) is 99.8 cm³/mol. The summed E-state index contributed by atoms with van der Waals surface area (Å²) >= 11 is 1.64. The van der Waals surface area contributed by atoms with Crippen LogP contribution in [0.3, 0.4) is 0 Å². The standard InChI is InChI=1S/C18H17N5OS/c1-11-13-9-12(10-19-18(13)23(2)22-11)20-16(24)7-8-17-21-14-5-3-4-6-15(14)25-17/h3-6,9-10H,7-8H2,1-2H3,(H,20,24). The lowest BCUT2D eigenvalue weighted by Gasteiger charge is -2.04. The minimum atomic E-state index is -0.0399. The number of hydrogen-bond donors (Lipinski definition) is 1. The molecule has 0 atom stereocenters. The fourth-order valence-electron chi connectivity index (χ4n) is 2.85. The summed E-state index contributed by atoms with van der Waals surface area (Å²) in [6.07, 6.45) is 2.69. The number of nitrogens with zero attached hydrogens (tertiary/aromatic N) is 4. The number of benzene rings is 1. The first-order valence-electron chi connectivity index (χ1n) is 8.04. The van der Waals surface area contributed by atoms with E-state index in [9.17, 15) is 4.79 Å². The SMILES string of the molecule is Cc1nn(C)c2ncc(NC(=O)CCc3nc4ccccc4s3)cc12. The van der Waals surface area contributed by atoms with Crippen LogP contribution in [0.25, 0.3) is 21.3 Å². The highest BCUT2D eigenvalue weighted by atomic mass is 32.1. The number of hydrogen-bond acceptors (Lipinski definition) is 5. The van der Waals surface area contributed by atoms with Crippen LogP contribution in [0.15, 0.2) is 36.5 Å². The van der Waals surface area contributed by atoms with Gasteiger partial charge in [-0.2, -0.15) is 5.10 Å². The molecule has 6 nitrogen and oxygen atoms in total. The van der Waals surface area contributed by atoms with Crippen molar-refractivity contribution in [1.29, 1.82) is 0 Å². The maximum atomic E-state index is 12.2. The van der Waals surface area contributed by atoms with Crippen LogP contribution in [0, 0.1) is 6.92 Å². The predicted octanol–water partition coefficient (Wildman–Crippen LogP) is 3.46. The van der Waals surface area contributed by atoms with Crippen molar-refractivity contribution < 1.29 is 4.79 Å². The van der Waals surface area contributed by atoms with Crippen LogP contribution < -0.4 is 5.32 Å². The third kappa shape index (κ3) is 3.10. The van der Waals surface area contributed by atoms with Crippen LogP contribution in [0.2, 0.25) is 0 Å². The number of carbonyl (C=O) groups excluding carboxylic acids is 1. The molecule has 7 heteroatoms. The number of anilines is 1. The Kier molecular flexibility index (Phi) is 3.93. The lowest BCUT2D eigenvalue weighted by Crippen LogP contribution is -2.12. The molecule has 1 aromatic carbocycles. The molecule has 0 radical (unpaired) electrons. The second kappa shape index (κ2) is 6.25. The molecule has 0 unspecified atom stereocenters. The van der Waals surface area contributed by atoms with E-state index >= 15 is 0 Å². The maximum absolute atomic E-state index is 12.2. The van der Waals surface area contributed by atoms with Crippen molar-refractivity contribution in [3.8, 4) is 0 Å². The van der Waals surface area contributed by atoms with E-state index in [1.165, 1.54) is 0 Å². The quantitative estimate of drug-likeness (QED) is 0.611. The molecule has 25 heavy (non-hydrogen) atoms. The maximum Gasteiger partial charge on any atom is 0.224 e. The molecule has 4 rings (SSSR count). The third-order valence-electron chi connectivity index (χ3n) is 4.05. The molecule has 3 heterocycles. The van der Waals surface area contributed by atoms with E-state index in [0.717, 1.165) is 32.0 Å². The summed E-state index contributed by atoms with van der Waals surface area (Å²) in [5.41, 5.74) is 3.39. The average Bonchev–Trinajstić information content (AvgIpc) is 3.14. The lowest BCUT2D eigenvalue weighted by atomic mass is 10.2. The number of aromatic nitrogens is 4. The Morgan fingerprint density at radius 1 is 1.32 bits per heavy atom. The second-order valence-corrected chi connectivity index (χ2v) is 7.04. The number of pyridine rings is 1.